The van der Waals surface area contributed by atoms with Crippen LogP contribution in [0.5, 0.6) is 5.75 Å². The highest BCUT2D eigenvalue weighted by Crippen LogP contribution is 2.42. The fourth-order valence-corrected chi connectivity index (χ4v) is 3.55. The Labute approximate surface area is 119 Å². The second-order valence-corrected chi connectivity index (χ2v) is 5.99. The maximum Gasteiger partial charge on any atom is 0.141 e. The van der Waals surface area contributed by atoms with E-state index >= 15 is 0 Å². The molecule has 0 saturated carbocycles. The van der Waals surface area contributed by atoms with E-state index in [0.29, 0.717) is 11.8 Å². The minimum atomic E-state index is 0.410. The van der Waals surface area contributed by atoms with Crippen LogP contribution in [0.4, 0.5) is 0 Å². The Morgan fingerprint density at radius 3 is 2.47 bits per heavy atom. The predicted molar refractivity (Wildman–Crippen MR) is 81.5 cm³/mol. The Balaban J connectivity index is 2.19. The average Bonchev–Trinajstić information content (AvgIpc) is 2.39. The van der Waals surface area contributed by atoms with Gasteiger partial charge in [-0.05, 0) is 23.1 Å². The van der Waals surface area contributed by atoms with E-state index in [4.69, 9.17) is 4.18 Å². The first-order valence-corrected chi connectivity index (χ1v) is 7.64. The molecule has 1 aliphatic rings. The van der Waals surface area contributed by atoms with Crippen LogP contribution in [0.2, 0.25) is 0 Å². The molecular weight excluding hydrogens is 252 g/mol. The lowest BCUT2D eigenvalue weighted by molar-refractivity contribution is 0.533. The highest BCUT2D eigenvalue weighted by Gasteiger charge is 2.25. The molecule has 2 heteroatoms. The average molecular weight is 270 g/mol. The summed E-state index contributed by atoms with van der Waals surface area (Å²) < 4.78 is 5.88. The first kappa shape index (κ1) is 12.6. The van der Waals surface area contributed by atoms with Gasteiger partial charge in [0.1, 0.15) is 5.75 Å². The maximum atomic E-state index is 5.88. The molecule has 1 aliphatic heterocycles. The van der Waals surface area contributed by atoms with Crippen LogP contribution in [-0.2, 0) is 5.75 Å². The van der Waals surface area contributed by atoms with Gasteiger partial charge in [-0.1, -0.05) is 56.3 Å². The van der Waals surface area contributed by atoms with Gasteiger partial charge in [0.2, 0.25) is 0 Å². The molecule has 0 fully saturated rings. The van der Waals surface area contributed by atoms with E-state index in [1.807, 2.05) is 6.07 Å². The van der Waals surface area contributed by atoms with E-state index in [0.717, 1.165) is 11.5 Å². The molecule has 0 amide bonds. The molecule has 1 nitrogen and oxygen atoms in total. The fraction of sp³-hybridized carbons (Fsp3) is 0.294. The van der Waals surface area contributed by atoms with Crippen molar-refractivity contribution in [2.75, 3.05) is 0 Å². The predicted octanol–water partition coefficient (Wildman–Crippen LogP) is 5.02. The summed E-state index contributed by atoms with van der Waals surface area (Å²) in [5.41, 5.74) is 4.14. The van der Waals surface area contributed by atoms with Crippen molar-refractivity contribution in [3.63, 3.8) is 0 Å². The van der Waals surface area contributed by atoms with Gasteiger partial charge in [-0.3, -0.25) is 0 Å². The molecule has 98 valence electrons. The molecule has 2 aromatic rings. The lowest BCUT2D eigenvalue weighted by atomic mass is 9.80. The van der Waals surface area contributed by atoms with Crippen molar-refractivity contribution in [1.82, 2.24) is 0 Å². The monoisotopic (exact) mass is 270 g/mol. The van der Waals surface area contributed by atoms with Crippen LogP contribution in [0.25, 0.3) is 0 Å². The molecule has 0 spiro atoms. The van der Waals surface area contributed by atoms with E-state index in [9.17, 15) is 0 Å². The Morgan fingerprint density at radius 1 is 1.00 bits per heavy atom. The number of benzene rings is 2. The van der Waals surface area contributed by atoms with E-state index in [2.05, 4.69) is 56.3 Å². The summed E-state index contributed by atoms with van der Waals surface area (Å²) in [5, 5.41) is 0. The third-order valence-corrected chi connectivity index (χ3v) is 4.40. The molecule has 1 unspecified atom stereocenters. The minimum Gasteiger partial charge on any atom is -0.425 e. The van der Waals surface area contributed by atoms with Gasteiger partial charge in [-0.2, -0.15) is 0 Å². The lowest BCUT2D eigenvalue weighted by Crippen LogP contribution is -2.13. The van der Waals surface area contributed by atoms with Crippen LogP contribution < -0.4 is 4.18 Å². The quantitative estimate of drug-likeness (QED) is 0.673. The molecule has 0 bridgehead atoms. The molecular formula is C17H18OS. The third kappa shape index (κ3) is 2.37. The Bertz CT molecular complexity index is 529. The third-order valence-electron chi connectivity index (χ3n) is 3.67. The van der Waals surface area contributed by atoms with Crippen LogP contribution in [-0.4, -0.2) is 0 Å². The molecule has 0 saturated heterocycles. The first-order chi connectivity index (χ1) is 9.27. The largest absolute Gasteiger partial charge is 0.425 e. The van der Waals surface area contributed by atoms with Crippen molar-refractivity contribution in [2.45, 2.75) is 25.5 Å². The van der Waals surface area contributed by atoms with Crippen molar-refractivity contribution < 1.29 is 4.18 Å². The van der Waals surface area contributed by atoms with E-state index in [1.54, 1.807) is 0 Å². The standard InChI is InChI=1S/C17H18OS/c1-12(2)17-14-8-4-3-7-13(14)11-19-18-16-10-6-5-9-15(16)17/h3-10,12,17H,11H2,1-2H3. The molecule has 0 aliphatic carbocycles. The molecule has 0 N–H and O–H groups in total. The zero-order valence-electron chi connectivity index (χ0n) is 11.3. The van der Waals surface area contributed by atoms with Crippen molar-refractivity contribution >= 4 is 12.0 Å². The maximum absolute atomic E-state index is 5.88. The van der Waals surface area contributed by atoms with Crippen molar-refractivity contribution in [1.29, 1.82) is 0 Å². The summed E-state index contributed by atoms with van der Waals surface area (Å²) in [4.78, 5) is 0. The zero-order valence-corrected chi connectivity index (χ0v) is 12.1. The van der Waals surface area contributed by atoms with Crippen LogP contribution in [0, 0.1) is 5.92 Å². The van der Waals surface area contributed by atoms with Crippen molar-refractivity contribution in [2.24, 2.45) is 5.92 Å². The molecule has 0 aromatic heterocycles. The topological polar surface area (TPSA) is 9.23 Å². The van der Waals surface area contributed by atoms with Gasteiger partial charge in [0, 0.05) is 11.5 Å². The number of para-hydroxylation sites is 1. The van der Waals surface area contributed by atoms with E-state index in [1.165, 1.54) is 28.7 Å². The number of hydrogen-bond donors (Lipinski definition) is 0. The molecule has 3 rings (SSSR count). The molecule has 1 atom stereocenters. The van der Waals surface area contributed by atoms with E-state index < -0.39 is 0 Å². The van der Waals surface area contributed by atoms with Crippen LogP contribution in [0.3, 0.4) is 0 Å². The van der Waals surface area contributed by atoms with Gasteiger partial charge in [0.25, 0.3) is 0 Å². The van der Waals surface area contributed by atoms with Crippen LogP contribution in [0.1, 0.15) is 36.5 Å². The Hall–Kier alpha value is -1.41. The second kappa shape index (κ2) is 5.30. The Morgan fingerprint density at radius 2 is 1.68 bits per heavy atom. The smallest absolute Gasteiger partial charge is 0.141 e. The van der Waals surface area contributed by atoms with Gasteiger partial charge < -0.3 is 4.18 Å². The highest BCUT2D eigenvalue weighted by molar-refractivity contribution is 7.94. The van der Waals surface area contributed by atoms with E-state index in [-0.39, 0.29) is 0 Å². The normalized spacial score (nSPS) is 17.9. The van der Waals surface area contributed by atoms with Crippen molar-refractivity contribution in [3.8, 4) is 5.75 Å². The molecule has 0 radical (unpaired) electrons. The SMILES string of the molecule is CC(C)C1c2ccccc2CSOc2ccccc21. The van der Waals surface area contributed by atoms with Gasteiger partial charge in [0.15, 0.2) is 0 Å². The van der Waals surface area contributed by atoms with Gasteiger partial charge in [-0.15, -0.1) is 0 Å². The van der Waals surface area contributed by atoms with Crippen LogP contribution in [0.15, 0.2) is 48.5 Å². The Kier molecular flexibility index (Phi) is 3.52. The lowest BCUT2D eigenvalue weighted by Gasteiger charge is -2.28. The highest BCUT2D eigenvalue weighted by atomic mass is 32.2. The zero-order chi connectivity index (χ0) is 13.2. The summed E-state index contributed by atoms with van der Waals surface area (Å²) in [6.07, 6.45) is 0. The number of rotatable bonds is 1. The molecule has 1 heterocycles. The number of hydrogen-bond acceptors (Lipinski definition) is 2. The second-order valence-electron chi connectivity index (χ2n) is 5.30. The minimum absolute atomic E-state index is 0.410. The molecule has 19 heavy (non-hydrogen) atoms. The van der Waals surface area contributed by atoms with Crippen LogP contribution >= 0.6 is 12.0 Å². The summed E-state index contributed by atoms with van der Waals surface area (Å²) >= 11 is 1.53. The fourth-order valence-electron chi connectivity index (χ4n) is 2.82. The molecule has 2 aromatic carbocycles. The first-order valence-electron chi connectivity index (χ1n) is 6.73. The summed E-state index contributed by atoms with van der Waals surface area (Å²) in [7, 11) is 0. The van der Waals surface area contributed by atoms with Gasteiger partial charge in [0.05, 0.1) is 17.8 Å². The summed E-state index contributed by atoms with van der Waals surface area (Å²) in [5.74, 6) is 2.89. The van der Waals surface area contributed by atoms with Crippen molar-refractivity contribution in [3.05, 3.63) is 65.2 Å². The summed E-state index contributed by atoms with van der Waals surface area (Å²) in [6.45, 7) is 4.57. The summed E-state index contributed by atoms with van der Waals surface area (Å²) in [6, 6.07) is 17.2. The number of fused-ring (bicyclic) bond motifs is 2. The van der Waals surface area contributed by atoms with Gasteiger partial charge in [-0.25, -0.2) is 0 Å². The van der Waals surface area contributed by atoms with Gasteiger partial charge >= 0.3 is 0 Å².